The number of aliphatic imine (C=N–C) groups is 1. The zero-order chi connectivity index (χ0) is 11.9. The average Bonchev–Trinajstić information content (AvgIpc) is 2.70. The zero-order valence-corrected chi connectivity index (χ0v) is 9.63. The zero-order valence-electron chi connectivity index (χ0n) is 8.88. The second-order valence-electron chi connectivity index (χ2n) is 3.87. The molecule has 0 fully saturated rings. The van der Waals surface area contributed by atoms with E-state index in [0.717, 1.165) is 5.69 Å². The third-order valence-corrected chi connectivity index (χ3v) is 3.06. The molecule has 1 unspecified atom stereocenters. The second-order valence-corrected chi connectivity index (χ2v) is 4.30. The molecule has 17 heavy (non-hydrogen) atoms. The molecule has 2 aromatic rings. The van der Waals surface area contributed by atoms with Crippen molar-refractivity contribution in [2.24, 2.45) is 4.99 Å². The molecule has 1 atom stereocenters. The number of para-hydroxylation sites is 2. The van der Waals surface area contributed by atoms with Crippen LogP contribution in [0.15, 0.2) is 53.5 Å². The van der Waals surface area contributed by atoms with Crippen LogP contribution in [0.2, 0.25) is 5.02 Å². The highest BCUT2D eigenvalue weighted by molar-refractivity contribution is 6.30. The van der Waals surface area contributed by atoms with Gasteiger partial charge in [0.05, 0.1) is 0 Å². The van der Waals surface area contributed by atoms with Crippen molar-refractivity contribution in [1.82, 2.24) is 4.65 Å². The lowest BCUT2D eigenvalue weighted by molar-refractivity contribution is 0.777. The van der Waals surface area contributed by atoms with E-state index in [4.69, 9.17) is 11.6 Å². The van der Waals surface area contributed by atoms with Gasteiger partial charge in [-0.25, -0.2) is 0 Å². The van der Waals surface area contributed by atoms with Gasteiger partial charge in [-0.15, -0.1) is 0 Å². The summed E-state index contributed by atoms with van der Waals surface area (Å²) < 4.78 is -0.659. The number of halogens is 1. The van der Waals surface area contributed by atoms with Crippen LogP contribution in [-0.2, 0) is 0 Å². The van der Waals surface area contributed by atoms with Crippen molar-refractivity contribution in [3.8, 4) is 0 Å². The molecule has 0 bridgehead atoms. The van der Waals surface area contributed by atoms with Crippen LogP contribution in [-0.4, -0.2) is 6.34 Å². The van der Waals surface area contributed by atoms with Gasteiger partial charge in [-0.1, -0.05) is 23.7 Å². The molecule has 1 heterocycles. The Morgan fingerprint density at radius 1 is 1.00 bits per heavy atom. The topological polar surface area (TPSA) is 35.4 Å². The molecule has 1 aliphatic rings. The third-order valence-electron chi connectivity index (χ3n) is 2.81. The standard InChI is InChI=1S/C13H9ClN2O/c14-10-5-7-11(8-6-10)16(17)9-15-12-3-1-2-4-13(12)16/h1-9H. The highest BCUT2D eigenvalue weighted by atomic mass is 35.5. The van der Waals surface area contributed by atoms with Crippen molar-refractivity contribution in [3.05, 3.63) is 58.8 Å². The van der Waals surface area contributed by atoms with Gasteiger partial charge in [0.1, 0.15) is 11.4 Å². The predicted octanol–water partition coefficient (Wildman–Crippen LogP) is 4.15. The van der Waals surface area contributed by atoms with Crippen molar-refractivity contribution >= 4 is 35.0 Å². The predicted molar refractivity (Wildman–Crippen MR) is 70.9 cm³/mol. The first-order chi connectivity index (χ1) is 8.20. The summed E-state index contributed by atoms with van der Waals surface area (Å²) in [4.78, 5) is 4.15. The summed E-state index contributed by atoms with van der Waals surface area (Å²) in [6.07, 6.45) is 1.40. The number of nitrogens with zero attached hydrogens (tertiary/aromatic N) is 2. The molecule has 3 rings (SSSR count). The maximum atomic E-state index is 12.8. The molecule has 84 valence electrons. The van der Waals surface area contributed by atoms with Crippen molar-refractivity contribution < 1.29 is 0 Å². The van der Waals surface area contributed by atoms with Crippen molar-refractivity contribution in [2.45, 2.75) is 0 Å². The number of hydrogen-bond acceptors (Lipinski definition) is 2. The molecule has 0 radical (unpaired) electrons. The second kappa shape index (κ2) is 3.67. The lowest BCUT2D eigenvalue weighted by Crippen LogP contribution is -2.33. The molecular formula is C13H9ClN2O. The summed E-state index contributed by atoms with van der Waals surface area (Å²) in [5.74, 6) is 0. The summed E-state index contributed by atoms with van der Waals surface area (Å²) in [6.45, 7) is 0. The average molecular weight is 245 g/mol. The normalized spacial score (nSPS) is 21.5. The third kappa shape index (κ3) is 1.56. The Labute approximate surface area is 104 Å². The van der Waals surface area contributed by atoms with Gasteiger partial charge in [-0.2, -0.15) is 4.99 Å². The van der Waals surface area contributed by atoms with E-state index in [1.807, 2.05) is 18.2 Å². The van der Waals surface area contributed by atoms with E-state index in [1.165, 1.54) is 6.34 Å². The molecule has 0 saturated heterocycles. The molecule has 0 spiro atoms. The maximum Gasteiger partial charge on any atom is 0.201 e. The summed E-state index contributed by atoms with van der Waals surface area (Å²) in [7, 11) is 0. The quantitative estimate of drug-likeness (QED) is 0.548. The van der Waals surface area contributed by atoms with E-state index in [2.05, 4.69) is 4.99 Å². The molecule has 4 heteroatoms. The Kier molecular flexibility index (Phi) is 2.26. The highest BCUT2D eigenvalue weighted by Gasteiger charge is 2.29. The molecule has 0 saturated carbocycles. The first-order valence-electron chi connectivity index (χ1n) is 5.21. The number of rotatable bonds is 1. The molecule has 0 amide bonds. The van der Waals surface area contributed by atoms with Gasteiger partial charge in [0.15, 0.2) is 5.69 Å². The van der Waals surface area contributed by atoms with Gasteiger partial charge in [0.25, 0.3) is 0 Å². The van der Waals surface area contributed by atoms with Crippen LogP contribution in [0.1, 0.15) is 0 Å². The van der Waals surface area contributed by atoms with E-state index in [0.29, 0.717) is 16.4 Å². The molecular weight excluding hydrogens is 236 g/mol. The van der Waals surface area contributed by atoms with Gasteiger partial charge in [0, 0.05) is 23.2 Å². The van der Waals surface area contributed by atoms with Crippen LogP contribution < -0.4 is 4.65 Å². The molecule has 3 nitrogen and oxygen atoms in total. The van der Waals surface area contributed by atoms with Crippen molar-refractivity contribution in [2.75, 3.05) is 0 Å². The van der Waals surface area contributed by atoms with Crippen LogP contribution in [0.5, 0.6) is 0 Å². The lowest BCUT2D eigenvalue weighted by Gasteiger charge is -2.33. The molecule has 1 aliphatic heterocycles. The molecule has 0 aromatic heterocycles. The van der Waals surface area contributed by atoms with Crippen LogP contribution in [0.25, 0.3) is 0 Å². The largest absolute Gasteiger partial charge is 0.616 e. The first-order valence-corrected chi connectivity index (χ1v) is 5.59. The molecule has 0 aliphatic carbocycles. The fourth-order valence-corrected chi connectivity index (χ4v) is 2.05. The Hall–Kier alpha value is -1.68. The summed E-state index contributed by atoms with van der Waals surface area (Å²) in [5, 5.41) is 13.4. The Balaban J connectivity index is 2.15. The number of hydrogen-bond donors (Lipinski definition) is 0. The van der Waals surface area contributed by atoms with E-state index in [1.54, 1.807) is 30.3 Å². The van der Waals surface area contributed by atoms with Crippen LogP contribution in [0, 0.1) is 5.21 Å². The SMILES string of the molecule is [O-][N+]1(c2ccc(Cl)cc2)C=Nc2ccccc21. The van der Waals surface area contributed by atoms with Crippen LogP contribution in [0.4, 0.5) is 17.1 Å². The monoisotopic (exact) mass is 244 g/mol. The lowest BCUT2D eigenvalue weighted by atomic mass is 10.2. The minimum Gasteiger partial charge on any atom is -0.616 e. The van der Waals surface area contributed by atoms with E-state index < -0.39 is 4.65 Å². The Morgan fingerprint density at radius 2 is 1.71 bits per heavy atom. The fraction of sp³-hybridized carbons (Fsp3) is 0. The van der Waals surface area contributed by atoms with Gasteiger partial charge in [-0.05, 0) is 18.2 Å². The minimum absolute atomic E-state index is 0.600. The van der Waals surface area contributed by atoms with Crippen LogP contribution in [0.3, 0.4) is 0 Å². The summed E-state index contributed by atoms with van der Waals surface area (Å²) in [6, 6.07) is 14.2. The van der Waals surface area contributed by atoms with E-state index in [9.17, 15) is 5.21 Å². The van der Waals surface area contributed by atoms with Gasteiger partial charge in [0.2, 0.25) is 6.34 Å². The fourth-order valence-electron chi connectivity index (χ4n) is 1.93. The Morgan fingerprint density at radius 3 is 2.47 bits per heavy atom. The van der Waals surface area contributed by atoms with Crippen molar-refractivity contribution in [1.29, 1.82) is 0 Å². The van der Waals surface area contributed by atoms with Crippen molar-refractivity contribution in [3.63, 3.8) is 0 Å². The number of benzene rings is 2. The smallest absolute Gasteiger partial charge is 0.201 e. The number of hydroxylamine groups is 1. The molecule has 0 N–H and O–H groups in total. The number of quaternary nitrogens is 1. The first kappa shape index (κ1) is 10.5. The number of fused-ring (bicyclic) bond motifs is 1. The maximum absolute atomic E-state index is 12.8. The van der Waals surface area contributed by atoms with Crippen LogP contribution >= 0.6 is 11.6 Å². The van der Waals surface area contributed by atoms with Gasteiger partial charge in [-0.3, -0.25) is 4.65 Å². The molecule has 2 aromatic carbocycles. The van der Waals surface area contributed by atoms with Gasteiger partial charge >= 0.3 is 0 Å². The minimum atomic E-state index is -0.659. The van der Waals surface area contributed by atoms with Gasteiger partial charge < -0.3 is 5.21 Å². The highest BCUT2D eigenvalue weighted by Crippen LogP contribution is 2.43. The summed E-state index contributed by atoms with van der Waals surface area (Å²) >= 11 is 5.82. The van der Waals surface area contributed by atoms with E-state index in [-0.39, 0.29) is 0 Å². The van der Waals surface area contributed by atoms with E-state index >= 15 is 0 Å². The Bertz CT molecular complexity index is 595. The summed E-state index contributed by atoms with van der Waals surface area (Å²) in [5.41, 5.74) is 1.95.